The van der Waals surface area contributed by atoms with Crippen molar-refractivity contribution in [3.63, 3.8) is 0 Å². The molecule has 208 valence electrons. The number of hydrogen-bond acceptors (Lipinski definition) is 8. The van der Waals surface area contributed by atoms with E-state index in [4.69, 9.17) is 28.8 Å². The van der Waals surface area contributed by atoms with Gasteiger partial charge < -0.3 is 37.1 Å². The van der Waals surface area contributed by atoms with Crippen LogP contribution >= 0.6 is 22.9 Å². The van der Waals surface area contributed by atoms with E-state index < -0.39 is 18.0 Å². The van der Waals surface area contributed by atoms with E-state index in [1.165, 1.54) is 18.4 Å². The van der Waals surface area contributed by atoms with E-state index in [2.05, 4.69) is 25.6 Å². The van der Waals surface area contributed by atoms with E-state index in [1.807, 2.05) is 0 Å². The Hall–Kier alpha value is -3.75. The molecule has 13 nitrogen and oxygen atoms in total. The summed E-state index contributed by atoms with van der Waals surface area (Å²) in [4.78, 5) is 53.2. The second-order valence-electron chi connectivity index (χ2n) is 9.22. The monoisotopic (exact) mass is 574 g/mol. The summed E-state index contributed by atoms with van der Waals surface area (Å²) in [6, 6.07) is 2.04. The van der Waals surface area contributed by atoms with Crippen LogP contribution < -0.4 is 27.8 Å². The summed E-state index contributed by atoms with van der Waals surface area (Å²) in [5, 5.41) is 8.05. The molecule has 4 heterocycles. The third kappa shape index (κ3) is 6.82. The molecule has 1 aliphatic heterocycles. The van der Waals surface area contributed by atoms with Crippen molar-refractivity contribution in [2.45, 2.75) is 43.8 Å². The number of carbonyl (C=O) groups excluding carboxylic acids is 3. The number of likely N-dealkylation sites (tertiary alicyclic amines) is 1. The topological polar surface area (TPSA) is 199 Å². The number of nitrogens with zero attached hydrogens (tertiary/aromatic N) is 5. The molecule has 3 amide bonds. The summed E-state index contributed by atoms with van der Waals surface area (Å²) >= 11 is 7.32. The minimum Gasteiger partial charge on any atom is -0.370 e. The Bertz CT molecular complexity index is 1390. The molecule has 0 radical (unpaired) electrons. The van der Waals surface area contributed by atoms with Crippen LogP contribution in [0.4, 0.5) is 0 Å². The van der Waals surface area contributed by atoms with Gasteiger partial charge >= 0.3 is 0 Å². The second kappa shape index (κ2) is 12.4. The van der Waals surface area contributed by atoms with Crippen LogP contribution in [0.25, 0.3) is 5.65 Å². The lowest BCUT2D eigenvalue weighted by molar-refractivity contribution is -0.122. The first kappa shape index (κ1) is 28.3. The Labute approximate surface area is 233 Å². The summed E-state index contributed by atoms with van der Waals surface area (Å²) in [5.41, 5.74) is 17.9. The van der Waals surface area contributed by atoms with Crippen molar-refractivity contribution < 1.29 is 14.4 Å². The van der Waals surface area contributed by atoms with Crippen LogP contribution in [-0.2, 0) is 4.79 Å². The summed E-state index contributed by atoms with van der Waals surface area (Å²) in [7, 11) is 1.51. The number of aliphatic imine (C=N–C) groups is 1. The highest BCUT2D eigenvalue weighted by Crippen LogP contribution is 2.34. The van der Waals surface area contributed by atoms with Crippen LogP contribution in [-0.4, -0.2) is 75.2 Å². The molecular weight excluding hydrogens is 544 g/mol. The number of rotatable bonds is 10. The Morgan fingerprint density at radius 1 is 1.21 bits per heavy atom. The molecule has 0 saturated carbocycles. The summed E-state index contributed by atoms with van der Waals surface area (Å²) < 4.78 is 1.69. The maximum atomic E-state index is 13.4. The molecule has 0 spiro atoms. The molecule has 3 aromatic heterocycles. The van der Waals surface area contributed by atoms with E-state index in [0.29, 0.717) is 54.5 Å². The van der Waals surface area contributed by atoms with Gasteiger partial charge in [0.05, 0.1) is 11.1 Å². The van der Waals surface area contributed by atoms with Gasteiger partial charge in [0.25, 0.3) is 11.8 Å². The number of nitrogens with two attached hydrogens (primary N) is 3. The molecule has 4 rings (SSSR count). The van der Waals surface area contributed by atoms with Gasteiger partial charge in [-0.25, -0.2) is 9.97 Å². The summed E-state index contributed by atoms with van der Waals surface area (Å²) in [6.45, 7) is 0.769. The Kier molecular flexibility index (Phi) is 8.99. The van der Waals surface area contributed by atoms with Gasteiger partial charge in [0, 0.05) is 44.0 Å². The van der Waals surface area contributed by atoms with Gasteiger partial charge in [-0.1, -0.05) is 11.6 Å². The number of thiazole rings is 1. The molecule has 0 bridgehead atoms. The molecule has 1 saturated heterocycles. The van der Waals surface area contributed by atoms with Crippen LogP contribution in [0.3, 0.4) is 0 Å². The van der Waals surface area contributed by atoms with Crippen molar-refractivity contribution in [3.05, 3.63) is 51.3 Å². The number of aromatic nitrogens is 3. The predicted octanol–water partition coefficient (Wildman–Crippen LogP) is 0.647. The molecule has 0 aromatic carbocycles. The first-order chi connectivity index (χ1) is 18.7. The highest BCUT2D eigenvalue weighted by molar-refractivity contribution is 7.09. The van der Waals surface area contributed by atoms with E-state index in [9.17, 15) is 14.4 Å². The molecule has 15 heteroatoms. The zero-order chi connectivity index (χ0) is 28.1. The fourth-order valence-electron chi connectivity index (χ4n) is 4.43. The Balaban J connectivity index is 1.44. The molecule has 3 aromatic rings. The number of guanidine groups is 1. The average molecular weight is 575 g/mol. The van der Waals surface area contributed by atoms with Crippen molar-refractivity contribution in [1.29, 1.82) is 0 Å². The molecule has 1 fully saturated rings. The number of amides is 3. The molecule has 1 aliphatic rings. The lowest BCUT2D eigenvalue weighted by Crippen LogP contribution is -2.45. The molecule has 3 atom stereocenters. The third-order valence-corrected chi connectivity index (χ3v) is 7.50. The number of carbonyl (C=O) groups is 3. The van der Waals surface area contributed by atoms with Gasteiger partial charge in [-0.15, -0.1) is 11.3 Å². The van der Waals surface area contributed by atoms with Crippen LogP contribution in [0.5, 0.6) is 0 Å². The minimum absolute atomic E-state index is 0.0113. The molecule has 1 unspecified atom stereocenters. The van der Waals surface area contributed by atoms with Crippen molar-refractivity contribution in [1.82, 2.24) is 29.9 Å². The molecule has 39 heavy (non-hydrogen) atoms. The van der Waals surface area contributed by atoms with E-state index >= 15 is 0 Å². The van der Waals surface area contributed by atoms with Gasteiger partial charge in [-0.3, -0.25) is 19.4 Å². The quantitative estimate of drug-likeness (QED) is 0.132. The van der Waals surface area contributed by atoms with Gasteiger partial charge in [-0.2, -0.15) is 0 Å². The second-order valence-corrected chi connectivity index (χ2v) is 10.5. The zero-order valence-corrected chi connectivity index (χ0v) is 22.9. The van der Waals surface area contributed by atoms with Gasteiger partial charge in [-0.05, 0) is 37.8 Å². The first-order valence-corrected chi connectivity index (χ1v) is 13.7. The van der Waals surface area contributed by atoms with Gasteiger partial charge in [0.15, 0.2) is 5.96 Å². The number of pyridine rings is 1. The summed E-state index contributed by atoms with van der Waals surface area (Å²) in [6.07, 6.45) is 5.50. The minimum atomic E-state index is -0.742. The van der Waals surface area contributed by atoms with Crippen LogP contribution in [0.1, 0.15) is 57.7 Å². The normalized spacial score (nSPS) is 17.7. The number of unbranched alkanes of at least 4 members (excludes halogenated alkanes) is 1. The van der Waals surface area contributed by atoms with Gasteiger partial charge in [0.1, 0.15) is 28.1 Å². The number of likely N-dealkylation sites (N-methyl/N-ethyl adjacent to an activating group) is 1. The highest BCUT2D eigenvalue weighted by atomic mass is 35.5. The number of fused-ring (bicyclic) bond motifs is 1. The summed E-state index contributed by atoms with van der Waals surface area (Å²) in [5.74, 6) is -1.06. The third-order valence-electron chi connectivity index (χ3n) is 6.33. The number of halogens is 1. The Morgan fingerprint density at radius 2 is 2.00 bits per heavy atom. The molecule has 8 N–H and O–H groups in total. The predicted molar refractivity (Wildman–Crippen MR) is 149 cm³/mol. The largest absolute Gasteiger partial charge is 0.370 e. The zero-order valence-electron chi connectivity index (χ0n) is 21.3. The van der Waals surface area contributed by atoms with Crippen molar-refractivity contribution >= 4 is 52.3 Å². The highest BCUT2D eigenvalue weighted by Gasteiger charge is 2.38. The van der Waals surface area contributed by atoms with Crippen LogP contribution in [0.15, 0.2) is 34.9 Å². The number of hydrogen-bond donors (Lipinski definition) is 5. The lowest BCUT2D eigenvalue weighted by atomic mass is 10.1. The van der Waals surface area contributed by atoms with Crippen molar-refractivity contribution in [3.8, 4) is 0 Å². The first-order valence-electron chi connectivity index (χ1n) is 12.4. The maximum absolute atomic E-state index is 13.4. The lowest BCUT2D eigenvalue weighted by Gasteiger charge is -2.22. The van der Waals surface area contributed by atoms with Gasteiger partial charge in [0.2, 0.25) is 5.91 Å². The average Bonchev–Trinajstić information content (AvgIpc) is 3.64. The van der Waals surface area contributed by atoms with E-state index in [-0.39, 0.29) is 35.2 Å². The fraction of sp³-hybridized carbons (Fsp3) is 0.417. The SMILES string of the molecule is CNC(=O)C(CCCCN=C(N)N)NC(=O)c1csc([C@H]2C[C@@H](N)CN2C(=O)c2cn3cc(Cl)ccc3n2)n1. The molecular formula is C24H31ClN10O3S. The standard InChI is InChI=1S/C24H31ClN10O3S/c1-29-20(36)15(4-2-3-7-30-24(27)28)32-21(37)17-12-39-22(33-17)18-8-14(26)10-35(18)23(38)16-11-34-9-13(25)5-6-19(34)31-16/h5-6,9,11-12,14-15,18H,2-4,7-8,10,26H2,1H3,(H,29,36)(H,32,37)(H4,27,28,30)/t14-,15?,18-/m1/s1. The molecule has 0 aliphatic carbocycles. The fourth-order valence-corrected chi connectivity index (χ4v) is 5.52. The van der Waals surface area contributed by atoms with E-state index in [1.54, 1.807) is 39.2 Å². The van der Waals surface area contributed by atoms with Crippen LogP contribution in [0, 0.1) is 0 Å². The number of imidazole rings is 1. The van der Waals surface area contributed by atoms with Crippen molar-refractivity contribution in [2.24, 2.45) is 22.2 Å². The van der Waals surface area contributed by atoms with Crippen molar-refractivity contribution in [2.75, 3.05) is 20.1 Å². The smallest absolute Gasteiger partial charge is 0.274 e. The van der Waals surface area contributed by atoms with E-state index in [0.717, 1.165) is 0 Å². The Morgan fingerprint density at radius 3 is 2.74 bits per heavy atom. The number of nitrogens with one attached hydrogen (secondary N) is 2. The maximum Gasteiger partial charge on any atom is 0.274 e. The van der Waals surface area contributed by atoms with Crippen LogP contribution in [0.2, 0.25) is 5.02 Å².